The van der Waals surface area contributed by atoms with E-state index in [9.17, 15) is 14.4 Å². The van der Waals surface area contributed by atoms with Gasteiger partial charge in [-0.1, -0.05) is 0 Å². The van der Waals surface area contributed by atoms with Crippen LogP contribution in [0.2, 0.25) is 0 Å². The first kappa shape index (κ1) is 11.9. The second-order valence-corrected chi connectivity index (χ2v) is 2.53. The van der Waals surface area contributed by atoms with Crippen molar-refractivity contribution in [2.45, 2.75) is 19.8 Å². The predicted octanol–water partition coefficient (Wildman–Crippen LogP) is 1.23. The summed E-state index contributed by atoms with van der Waals surface area (Å²) in [6.07, 6.45) is 0.100. The summed E-state index contributed by atoms with van der Waals surface area (Å²) in [5.74, 6) is -0.709. The third-order valence-electron chi connectivity index (χ3n) is 1.07. The molecular weight excluding hydrogens is 200 g/mol. The fraction of sp³-hybridized carbons (Fsp3) is 0.571. The van der Waals surface area contributed by atoms with Gasteiger partial charge < -0.3 is 14.3 Å². The van der Waals surface area contributed by atoms with Gasteiger partial charge in [0.25, 0.3) is 0 Å². The molecule has 6 heteroatoms. The molecule has 0 fully saturated rings. The van der Waals surface area contributed by atoms with Crippen LogP contribution in [0.15, 0.2) is 0 Å². The van der Waals surface area contributed by atoms with E-state index < -0.39 is 18.2 Å². The highest BCUT2D eigenvalue weighted by molar-refractivity contribution is 6.61. The van der Waals surface area contributed by atoms with Crippen molar-refractivity contribution in [3.05, 3.63) is 0 Å². The third-order valence-corrected chi connectivity index (χ3v) is 1.18. The molecule has 0 amide bonds. The number of rotatable bonds is 5. The van der Waals surface area contributed by atoms with Crippen molar-refractivity contribution in [2.24, 2.45) is 0 Å². The van der Waals surface area contributed by atoms with Gasteiger partial charge in [0.1, 0.15) is 5.78 Å². The minimum atomic E-state index is -1.04. The van der Waals surface area contributed by atoms with Crippen LogP contribution < -0.4 is 0 Å². The Kier molecular flexibility index (Phi) is 5.88. The van der Waals surface area contributed by atoms with Crippen molar-refractivity contribution < 1.29 is 23.9 Å². The van der Waals surface area contributed by atoms with Crippen LogP contribution in [0.25, 0.3) is 0 Å². The second-order valence-electron chi connectivity index (χ2n) is 2.22. The summed E-state index contributed by atoms with van der Waals surface area (Å²) in [5, 5.41) is 0. The Labute approximate surface area is 79.9 Å². The fourth-order valence-electron chi connectivity index (χ4n) is 0.492. The van der Waals surface area contributed by atoms with Crippen molar-refractivity contribution in [1.29, 1.82) is 0 Å². The molecule has 0 saturated heterocycles. The van der Waals surface area contributed by atoms with Crippen molar-refractivity contribution in [3.8, 4) is 0 Å². The Morgan fingerprint density at radius 2 is 1.77 bits per heavy atom. The average molecular weight is 209 g/mol. The Hall–Kier alpha value is -1.10. The highest BCUT2D eigenvalue weighted by Gasteiger charge is 2.05. The van der Waals surface area contributed by atoms with Gasteiger partial charge in [-0.05, 0) is 6.92 Å². The summed E-state index contributed by atoms with van der Waals surface area (Å²) >= 11 is 4.78. The Morgan fingerprint density at radius 3 is 2.23 bits per heavy atom. The molecule has 0 aromatic rings. The number of Topliss-reactive ketones (excluding diaryl/α,β-unsaturated/α-hetero) is 1. The first-order valence-corrected chi connectivity index (χ1v) is 3.87. The predicted molar refractivity (Wildman–Crippen MR) is 43.2 cm³/mol. The van der Waals surface area contributed by atoms with Gasteiger partial charge in [-0.2, -0.15) is 0 Å². The maximum atomic E-state index is 10.7. The van der Waals surface area contributed by atoms with E-state index in [-0.39, 0.29) is 18.6 Å². The molecule has 0 radical (unpaired) electrons. The molecule has 0 aromatic heterocycles. The van der Waals surface area contributed by atoms with Crippen LogP contribution >= 0.6 is 11.6 Å². The van der Waals surface area contributed by atoms with E-state index in [0.717, 1.165) is 0 Å². The number of carbonyl (C=O) groups excluding carboxylic acids is 3. The average Bonchev–Trinajstić information content (AvgIpc) is 2.00. The van der Waals surface area contributed by atoms with Crippen LogP contribution in [-0.4, -0.2) is 24.0 Å². The molecule has 0 rings (SSSR count). The topological polar surface area (TPSA) is 69.7 Å². The number of halogens is 1. The van der Waals surface area contributed by atoms with Gasteiger partial charge in [0.05, 0.1) is 6.42 Å². The zero-order valence-corrected chi connectivity index (χ0v) is 7.80. The summed E-state index contributed by atoms with van der Waals surface area (Å²) in [6.45, 7) is 0.852. The van der Waals surface area contributed by atoms with E-state index >= 15 is 0 Å². The van der Waals surface area contributed by atoms with Gasteiger partial charge >= 0.3 is 11.4 Å². The number of ether oxygens (including phenoxy) is 2. The van der Waals surface area contributed by atoms with Gasteiger partial charge in [0.2, 0.25) is 6.79 Å². The SMILES string of the molecule is CC(=O)CCC(=O)OCOC(=O)Cl. The van der Waals surface area contributed by atoms with Crippen LogP contribution in [0.3, 0.4) is 0 Å². The van der Waals surface area contributed by atoms with E-state index in [1.54, 1.807) is 0 Å². The quantitative estimate of drug-likeness (QED) is 0.386. The first-order chi connectivity index (χ1) is 6.02. The molecule has 5 nitrogen and oxygen atoms in total. The molecular formula is C7H9ClO5. The summed E-state index contributed by atoms with van der Waals surface area (Å²) in [4.78, 5) is 31.1. The summed E-state index contributed by atoms with van der Waals surface area (Å²) < 4.78 is 8.50. The molecule has 0 heterocycles. The maximum absolute atomic E-state index is 10.7. The normalized spacial score (nSPS) is 9.08. The van der Waals surface area contributed by atoms with Crippen LogP contribution in [0.5, 0.6) is 0 Å². The Balaban J connectivity index is 3.41. The van der Waals surface area contributed by atoms with Crippen molar-refractivity contribution in [1.82, 2.24) is 0 Å². The summed E-state index contributed by atoms with van der Waals surface area (Å²) in [5.41, 5.74) is -1.04. The molecule has 0 aliphatic heterocycles. The molecule has 0 aliphatic rings. The van der Waals surface area contributed by atoms with Gasteiger partial charge in [0, 0.05) is 18.0 Å². The molecule has 0 spiro atoms. The zero-order valence-electron chi connectivity index (χ0n) is 7.04. The number of hydrogen-bond donors (Lipinski definition) is 0. The minimum absolute atomic E-state index is 0.0187. The summed E-state index contributed by atoms with van der Waals surface area (Å²) in [7, 11) is 0. The molecule has 0 N–H and O–H groups in total. The monoisotopic (exact) mass is 208 g/mol. The third kappa shape index (κ3) is 8.81. The number of hydrogen-bond acceptors (Lipinski definition) is 5. The summed E-state index contributed by atoms with van der Waals surface area (Å²) in [6, 6.07) is 0. The molecule has 74 valence electrons. The lowest BCUT2D eigenvalue weighted by Crippen LogP contribution is -2.10. The van der Waals surface area contributed by atoms with E-state index in [1.165, 1.54) is 6.92 Å². The van der Waals surface area contributed by atoms with E-state index in [1.807, 2.05) is 0 Å². The standard InChI is InChI=1S/C7H9ClO5/c1-5(9)2-3-6(10)12-4-13-7(8)11/h2-4H2,1H3. The lowest BCUT2D eigenvalue weighted by Gasteiger charge is -2.02. The molecule has 0 bridgehead atoms. The largest absolute Gasteiger partial charge is 0.428 e. The van der Waals surface area contributed by atoms with Crippen LogP contribution in [0.4, 0.5) is 4.79 Å². The number of carbonyl (C=O) groups is 3. The smallest absolute Gasteiger partial charge is 0.406 e. The van der Waals surface area contributed by atoms with Crippen molar-refractivity contribution in [2.75, 3.05) is 6.79 Å². The van der Waals surface area contributed by atoms with Gasteiger partial charge in [-0.25, -0.2) is 4.79 Å². The van der Waals surface area contributed by atoms with Crippen molar-refractivity contribution >= 4 is 28.8 Å². The molecule has 0 aliphatic carbocycles. The second kappa shape index (κ2) is 6.42. The number of ketones is 1. The van der Waals surface area contributed by atoms with Crippen LogP contribution in [0, 0.1) is 0 Å². The van der Waals surface area contributed by atoms with Crippen LogP contribution in [-0.2, 0) is 19.1 Å². The van der Waals surface area contributed by atoms with Crippen LogP contribution in [0.1, 0.15) is 19.8 Å². The molecule has 0 unspecified atom stereocenters. The molecule has 13 heavy (non-hydrogen) atoms. The van der Waals surface area contributed by atoms with E-state index in [2.05, 4.69) is 9.47 Å². The molecule has 0 aromatic carbocycles. The molecule has 0 saturated carbocycles. The van der Waals surface area contributed by atoms with Gasteiger partial charge in [0.15, 0.2) is 0 Å². The van der Waals surface area contributed by atoms with Gasteiger partial charge in [-0.15, -0.1) is 0 Å². The first-order valence-electron chi connectivity index (χ1n) is 3.49. The van der Waals surface area contributed by atoms with Crippen molar-refractivity contribution in [3.63, 3.8) is 0 Å². The van der Waals surface area contributed by atoms with E-state index in [0.29, 0.717) is 0 Å². The Morgan fingerprint density at radius 1 is 1.15 bits per heavy atom. The fourth-order valence-corrected chi connectivity index (χ4v) is 0.536. The maximum Gasteiger partial charge on any atom is 0.406 e. The van der Waals surface area contributed by atoms with Gasteiger partial charge in [-0.3, -0.25) is 4.79 Å². The molecule has 0 atom stereocenters. The zero-order chi connectivity index (χ0) is 10.3. The Bertz CT molecular complexity index is 213. The number of esters is 1. The minimum Gasteiger partial charge on any atom is -0.428 e. The lowest BCUT2D eigenvalue weighted by molar-refractivity contribution is -0.152. The lowest BCUT2D eigenvalue weighted by atomic mass is 10.2. The highest BCUT2D eigenvalue weighted by atomic mass is 35.5. The van der Waals surface area contributed by atoms with E-state index in [4.69, 9.17) is 11.6 Å². The highest BCUT2D eigenvalue weighted by Crippen LogP contribution is 1.95.